The number of methoxy groups -OCH3 is 1. The number of nitrogens with zero attached hydrogens (tertiary/aromatic N) is 5. The zero-order valence-electron chi connectivity index (χ0n) is 13.6. The lowest BCUT2D eigenvalue weighted by Gasteiger charge is -2.11. The van der Waals surface area contributed by atoms with Crippen LogP contribution >= 0.6 is 0 Å². The number of hydrogen-bond donors (Lipinski definition) is 2. The van der Waals surface area contributed by atoms with Gasteiger partial charge in [0.25, 0.3) is 0 Å². The summed E-state index contributed by atoms with van der Waals surface area (Å²) in [5.41, 5.74) is 1.85. The molecular weight excluding hydrogens is 306 g/mol. The van der Waals surface area contributed by atoms with Crippen molar-refractivity contribution in [2.24, 2.45) is 4.99 Å². The molecule has 8 nitrogen and oxygen atoms in total. The second-order valence-corrected chi connectivity index (χ2v) is 5.03. The number of aliphatic imine (C=N–C) groups is 1. The Morgan fingerprint density at radius 1 is 1.17 bits per heavy atom. The highest BCUT2D eigenvalue weighted by Gasteiger charge is 2.05. The Bertz CT molecular complexity index is 826. The van der Waals surface area contributed by atoms with Gasteiger partial charge in [0.1, 0.15) is 0 Å². The first-order valence-electron chi connectivity index (χ1n) is 7.52. The smallest absolute Gasteiger partial charge is 0.212 e. The van der Waals surface area contributed by atoms with Crippen molar-refractivity contribution in [3.05, 3.63) is 54.1 Å². The van der Waals surface area contributed by atoms with E-state index in [9.17, 15) is 0 Å². The van der Waals surface area contributed by atoms with Crippen molar-refractivity contribution in [2.45, 2.75) is 13.1 Å². The van der Waals surface area contributed by atoms with Crippen molar-refractivity contribution >= 4 is 11.6 Å². The molecule has 0 fully saturated rings. The number of nitrogens with one attached hydrogen (secondary N) is 2. The molecule has 0 saturated carbocycles. The Morgan fingerprint density at radius 3 is 2.79 bits per heavy atom. The topological polar surface area (TPSA) is 88.7 Å². The molecule has 0 spiro atoms. The zero-order valence-corrected chi connectivity index (χ0v) is 13.6. The SMILES string of the molecule is CN=C(NCc1ccc(OC)nc1)NCc1nnc2ccccn12. The fourth-order valence-electron chi connectivity index (χ4n) is 2.22. The maximum atomic E-state index is 5.05. The zero-order chi connectivity index (χ0) is 16.8. The number of ether oxygens (including phenoxy) is 1. The summed E-state index contributed by atoms with van der Waals surface area (Å²) in [5, 5.41) is 14.8. The number of rotatable bonds is 5. The van der Waals surface area contributed by atoms with E-state index in [0.29, 0.717) is 24.9 Å². The van der Waals surface area contributed by atoms with E-state index in [1.54, 1.807) is 20.4 Å². The Morgan fingerprint density at radius 2 is 2.04 bits per heavy atom. The minimum absolute atomic E-state index is 0.520. The standard InChI is InChI=1S/C16H19N7O/c1-17-16(19-10-12-6-7-15(24-2)18-9-12)20-11-14-22-21-13-5-3-4-8-23(13)14/h3-9H,10-11H2,1-2H3,(H2,17,19,20). The van der Waals surface area contributed by atoms with E-state index in [1.165, 1.54) is 0 Å². The Balaban J connectivity index is 1.56. The van der Waals surface area contributed by atoms with Crippen LogP contribution in [0.25, 0.3) is 5.65 Å². The van der Waals surface area contributed by atoms with E-state index >= 15 is 0 Å². The number of aromatic nitrogens is 4. The fourth-order valence-corrected chi connectivity index (χ4v) is 2.22. The molecule has 0 unspecified atom stereocenters. The molecule has 24 heavy (non-hydrogen) atoms. The van der Waals surface area contributed by atoms with Gasteiger partial charge in [0.05, 0.1) is 13.7 Å². The molecule has 0 saturated heterocycles. The Hall–Kier alpha value is -3.16. The maximum Gasteiger partial charge on any atom is 0.212 e. The Labute approximate surface area is 139 Å². The lowest BCUT2D eigenvalue weighted by Crippen LogP contribution is -2.36. The van der Waals surface area contributed by atoms with Gasteiger partial charge in [-0.15, -0.1) is 10.2 Å². The van der Waals surface area contributed by atoms with Crippen LogP contribution in [0, 0.1) is 0 Å². The summed E-state index contributed by atoms with van der Waals surface area (Å²) in [4.78, 5) is 8.39. The van der Waals surface area contributed by atoms with Gasteiger partial charge in [-0.2, -0.15) is 0 Å². The molecule has 3 aromatic rings. The highest BCUT2D eigenvalue weighted by molar-refractivity contribution is 5.79. The van der Waals surface area contributed by atoms with Crippen LogP contribution < -0.4 is 15.4 Å². The quantitative estimate of drug-likeness (QED) is 0.537. The summed E-state index contributed by atoms with van der Waals surface area (Å²) in [6.45, 7) is 1.13. The summed E-state index contributed by atoms with van der Waals surface area (Å²) in [6, 6.07) is 9.59. The van der Waals surface area contributed by atoms with Crippen LogP contribution in [0.1, 0.15) is 11.4 Å². The minimum atomic E-state index is 0.520. The summed E-state index contributed by atoms with van der Waals surface area (Å²) < 4.78 is 6.99. The molecule has 3 rings (SSSR count). The van der Waals surface area contributed by atoms with Gasteiger partial charge in [-0.1, -0.05) is 12.1 Å². The molecule has 0 aliphatic rings. The molecular formula is C16H19N7O. The first-order valence-corrected chi connectivity index (χ1v) is 7.52. The lowest BCUT2D eigenvalue weighted by molar-refractivity contribution is 0.397. The van der Waals surface area contributed by atoms with Crippen LogP contribution in [0.2, 0.25) is 0 Å². The van der Waals surface area contributed by atoms with E-state index in [1.807, 2.05) is 40.9 Å². The van der Waals surface area contributed by atoms with Crippen molar-refractivity contribution in [1.82, 2.24) is 30.2 Å². The average molecular weight is 325 g/mol. The predicted molar refractivity (Wildman–Crippen MR) is 90.8 cm³/mol. The highest BCUT2D eigenvalue weighted by atomic mass is 16.5. The van der Waals surface area contributed by atoms with Gasteiger partial charge in [-0.25, -0.2) is 4.98 Å². The van der Waals surface area contributed by atoms with Crippen molar-refractivity contribution < 1.29 is 4.74 Å². The molecule has 124 valence electrons. The average Bonchev–Trinajstić information content (AvgIpc) is 3.05. The predicted octanol–water partition coefficient (Wildman–Crippen LogP) is 0.998. The normalized spacial score (nSPS) is 11.5. The van der Waals surface area contributed by atoms with Gasteiger partial charge in [-0.05, 0) is 17.7 Å². The van der Waals surface area contributed by atoms with Crippen molar-refractivity contribution in [1.29, 1.82) is 0 Å². The summed E-state index contributed by atoms with van der Waals surface area (Å²) in [6.07, 6.45) is 3.71. The molecule has 0 atom stereocenters. The van der Waals surface area contributed by atoms with Crippen molar-refractivity contribution in [3.63, 3.8) is 0 Å². The van der Waals surface area contributed by atoms with Gasteiger partial charge < -0.3 is 15.4 Å². The maximum absolute atomic E-state index is 5.05. The minimum Gasteiger partial charge on any atom is -0.481 e. The van der Waals surface area contributed by atoms with Gasteiger partial charge >= 0.3 is 0 Å². The molecule has 0 aliphatic heterocycles. The molecule has 2 N–H and O–H groups in total. The third-order valence-corrected chi connectivity index (χ3v) is 3.49. The van der Waals surface area contributed by atoms with Crippen molar-refractivity contribution in [3.8, 4) is 5.88 Å². The van der Waals surface area contributed by atoms with Crippen LogP contribution in [0.5, 0.6) is 5.88 Å². The van der Waals surface area contributed by atoms with Crippen LogP contribution in [0.3, 0.4) is 0 Å². The van der Waals surface area contributed by atoms with E-state index in [0.717, 1.165) is 17.0 Å². The van der Waals surface area contributed by atoms with Crippen LogP contribution in [-0.2, 0) is 13.1 Å². The van der Waals surface area contributed by atoms with Gasteiger partial charge in [-0.3, -0.25) is 9.39 Å². The van der Waals surface area contributed by atoms with Gasteiger partial charge in [0.2, 0.25) is 5.88 Å². The van der Waals surface area contributed by atoms with E-state index in [2.05, 4.69) is 30.8 Å². The summed E-state index contributed by atoms with van der Waals surface area (Å²) in [5.74, 6) is 2.10. The molecule has 0 aliphatic carbocycles. The molecule has 0 amide bonds. The van der Waals surface area contributed by atoms with Crippen LogP contribution in [0.15, 0.2) is 47.7 Å². The molecule has 0 bridgehead atoms. The van der Waals surface area contributed by atoms with E-state index < -0.39 is 0 Å². The van der Waals surface area contributed by atoms with Crippen molar-refractivity contribution in [2.75, 3.05) is 14.2 Å². The lowest BCUT2D eigenvalue weighted by atomic mass is 10.3. The number of hydrogen-bond acceptors (Lipinski definition) is 5. The van der Waals surface area contributed by atoms with E-state index in [4.69, 9.17) is 4.74 Å². The molecule has 0 radical (unpaired) electrons. The first kappa shape index (κ1) is 15.7. The van der Waals surface area contributed by atoms with E-state index in [-0.39, 0.29) is 0 Å². The number of fused-ring (bicyclic) bond motifs is 1. The first-order chi connectivity index (χ1) is 11.8. The molecule has 0 aromatic carbocycles. The third kappa shape index (κ3) is 3.60. The van der Waals surface area contributed by atoms with Gasteiger partial charge in [0, 0.05) is 32.1 Å². The molecule has 3 aromatic heterocycles. The fraction of sp³-hybridized carbons (Fsp3) is 0.250. The van der Waals surface area contributed by atoms with Crippen LogP contribution in [0.4, 0.5) is 0 Å². The highest BCUT2D eigenvalue weighted by Crippen LogP contribution is 2.06. The van der Waals surface area contributed by atoms with Crippen LogP contribution in [-0.4, -0.2) is 39.7 Å². The Kier molecular flexibility index (Phi) is 4.85. The second kappa shape index (κ2) is 7.40. The second-order valence-electron chi connectivity index (χ2n) is 5.03. The number of pyridine rings is 2. The largest absolute Gasteiger partial charge is 0.481 e. The van der Waals surface area contributed by atoms with Gasteiger partial charge in [0.15, 0.2) is 17.4 Å². The summed E-state index contributed by atoms with van der Waals surface area (Å²) in [7, 11) is 3.32. The third-order valence-electron chi connectivity index (χ3n) is 3.49. The molecule has 8 heteroatoms. The number of guanidine groups is 1. The molecule has 3 heterocycles. The summed E-state index contributed by atoms with van der Waals surface area (Å²) >= 11 is 0. The monoisotopic (exact) mass is 325 g/mol.